The van der Waals surface area contributed by atoms with Crippen molar-refractivity contribution in [2.75, 3.05) is 6.54 Å². The second kappa shape index (κ2) is 5.97. The van der Waals surface area contributed by atoms with Gasteiger partial charge in [-0.3, -0.25) is 9.69 Å². The fourth-order valence-electron chi connectivity index (χ4n) is 2.76. The van der Waals surface area contributed by atoms with Gasteiger partial charge in [0.15, 0.2) is 0 Å². The predicted molar refractivity (Wildman–Crippen MR) is 85.3 cm³/mol. The van der Waals surface area contributed by atoms with E-state index >= 15 is 0 Å². The predicted octanol–water partition coefficient (Wildman–Crippen LogP) is 4.24. The molecular weight excluding hydrogens is 329 g/mol. The van der Waals surface area contributed by atoms with E-state index in [9.17, 15) is 9.90 Å². The highest BCUT2D eigenvalue weighted by Crippen LogP contribution is 2.34. The van der Waals surface area contributed by atoms with Crippen LogP contribution < -0.4 is 0 Å². The summed E-state index contributed by atoms with van der Waals surface area (Å²) in [4.78, 5) is 14.8. The summed E-state index contributed by atoms with van der Waals surface area (Å²) in [7, 11) is 0. The molecule has 0 saturated carbocycles. The highest BCUT2D eigenvalue weighted by Gasteiger charge is 2.33. The number of benzene rings is 1. The van der Waals surface area contributed by atoms with Crippen LogP contribution in [-0.4, -0.2) is 22.5 Å². The van der Waals surface area contributed by atoms with E-state index in [1.807, 2.05) is 28.5 Å². The molecule has 0 aliphatic carbocycles. The van der Waals surface area contributed by atoms with Gasteiger partial charge in [0.25, 0.3) is 0 Å². The summed E-state index contributed by atoms with van der Waals surface area (Å²) in [6.45, 7) is 1.24. The Hall–Kier alpha value is -1.07. The van der Waals surface area contributed by atoms with Crippen molar-refractivity contribution in [3.63, 3.8) is 0 Å². The number of halogens is 2. The van der Waals surface area contributed by atoms with Gasteiger partial charge in [-0.2, -0.15) is 0 Å². The maximum atomic E-state index is 11.7. The number of thiophene rings is 1. The van der Waals surface area contributed by atoms with Crippen molar-refractivity contribution >= 4 is 40.5 Å². The molecule has 3 nitrogen and oxygen atoms in total. The first-order valence-electron chi connectivity index (χ1n) is 6.52. The van der Waals surface area contributed by atoms with Gasteiger partial charge in [-0.1, -0.05) is 23.2 Å². The van der Waals surface area contributed by atoms with E-state index in [1.54, 1.807) is 17.4 Å². The number of nitrogens with zero attached hydrogens (tertiary/aromatic N) is 1. The SMILES string of the molecule is O=C(O)C1c2ccsc2CCN1Cc1cc(Cl)cc(Cl)c1. The third-order valence-corrected chi connectivity index (χ3v) is 5.04. The Balaban J connectivity index is 1.89. The van der Waals surface area contributed by atoms with E-state index in [-0.39, 0.29) is 0 Å². The van der Waals surface area contributed by atoms with Crippen LogP contribution in [0.15, 0.2) is 29.6 Å². The van der Waals surface area contributed by atoms with Gasteiger partial charge in [0, 0.05) is 28.0 Å². The number of carbonyl (C=O) groups is 1. The molecule has 0 saturated heterocycles. The third-order valence-electron chi connectivity index (χ3n) is 3.61. The van der Waals surface area contributed by atoms with Crippen molar-refractivity contribution < 1.29 is 9.90 Å². The van der Waals surface area contributed by atoms with Crippen LogP contribution in [-0.2, 0) is 17.8 Å². The minimum Gasteiger partial charge on any atom is -0.480 e. The van der Waals surface area contributed by atoms with Gasteiger partial charge in [0.05, 0.1) is 0 Å². The monoisotopic (exact) mass is 341 g/mol. The summed E-state index contributed by atoms with van der Waals surface area (Å²) in [5.74, 6) is -0.817. The first-order chi connectivity index (χ1) is 10.0. The number of carboxylic acids is 1. The molecule has 1 aliphatic rings. The zero-order valence-corrected chi connectivity index (χ0v) is 13.4. The molecule has 2 heterocycles. The average Bonchev–Trinajstić information content (AvgIpc) is 2.84. The van der Waals surface area contributed by atoms with E-state index in [4.69, 9.17) is 23.2 Å². The standard InChI is InChI=1S/C15H13Cl2NO2S/c16-10-5-9(6-11(17)7-10)8-18-3-1-13-12(2-4-21-13)14(18)15(19)20/h2,4-7,14H,1,3,8H2,(H,19,20). The Morgan fingerprint density at radius 3 is 2.71 bits per heavy atom. The lowest BCUT2D eigenvalue weighted by Crippen LogP contribution is -2.38. The highest BCUT2D eigenvalue weighted by molar-refractivity contribution is 7.10. The second-order valence-corrected chi connectivity index (χ2v) is 6.91. The largest absolute Gasteiger partial charge is 0.480 e. The molecule has 0 radical (unpaired) electrons. The summed E-state index contributed by atoms with van der Waals surface area (Å²) < 4.78 is 0. The van der Waals surface area contributed by atoms with Crippen LogP contribution >= 0.6 is 34.5 Å². The van der Waals surface area contributed by atoms with Crippen molar-refractivity contribution in [1.29, 1.82) is 0 Å². The topological polar surface area (TPSA) is 40.5 Å². The molecule has 1 aliphatic heterocycles. The minimum atomic E-state index is -0.817. The molecule has 6 heteroatoms. The fourth-order valence-corrected chi connectivity index (χ4v) is 4.24. The number of aliphatic carboxylic acids is 1. The minimum absolute atomic E-state index is 0.520. The van der Waals surface area contributed by atoms with Crippen molar-refractivity contribution in [1.82, 2.24) is 4.90 Å². The van der Waals surface area contributed by atoms with Gasteiger partial charge < -0.3 is 5.11 Å². The Morgan fingerprint density at radius 1 is 1.33 bits per heavy atom. The average molecular weight is 342 g/mol. The summed E-state index contributed by atoms with van der Waals surface area (Å²) in [6.07, 6.45) is 0.880. The van der Waals surface area contributed by atoms with Crippen LogP contribution in [0.1, 0.15) is 22.0 Å². The molecule has 0 fully saturated rings. The van der Waals surface area contributed by atoms with Crippen molar-refractivity contribution in [3.8, 4) is 0 Å². The lowest BCUT2D eigenvalue weighted by atomic mass is 9.99. The highest BCUT2D eigenvalue weighted by atomic mass is 35.5. The molecule has 2 aromatic rings. The first-order valence-corrected chi connectivity index (χ1v) is 8.16. The van der Waals surface area contributed by atoms with Crippen LogP contribution in [0.2, 0.25) is 10.0 Å². The smallest absolute Gasteiger partial charge is 0.325 e. The van der Waals surface area contributed by atoms with Crippen LogP contribution in [0.25, 0.3) is 0 Å². The van der Waals surface area contributed by atoms with Gasteiger partial charge in [-0.05, 0) is 47.2 Å². The van der Waals surface area contributed by atoms with Crippen LogP contribution in [0, 0.1) is 0 Å². The zero-order chi connectivity index (χ0) is 15.0. The molecule has 0 spiro atoms. The molecule has 1 aromatic carbocycles. The quantitative estimate of drug-likeness (QED) is 0.907. The normalized spacial score (nSPS) is 18.5. The lowest BCUT2D eigenvalue weighted by molar-refractivity contribution is -0.144. The van der Waals surface area contributed by atoms with E-state index in [0.717, 1.165) is 17.5 Å². The summed E-state index contributed by atoms with van der Waals surface area (Å²) >= 11 is 13.7. The molecule has 110 valence electrons. The molecule has 1 unspecified atom stereocenters. The summed E-state index contributed by atoms with van der Waals surface area (Å²) in [5, 5.41) is 12.7. The van der Waals surface area contributed by atoms with E-state index < -0.39 is 12.0 Å². The number of hydrogen-bond acceptors (Lipinski definition) is 3. The molecule has 1 N–H and O–H groups in total. The van der Waals surface area contributed by atoms with Gasteiger partial charge in [0.1, 0.15) is 6.04 Å². The second-order valence-electron chi connectivity index (χ2n) is 5.04. The molecule has 0 bridgehead atoms. The lowest BCUT2D eigenvalue weighted by Gasteiger charge is -2.33. The number of rotatable bonds is 3. The van der Waals surface area contributed by atoms with Crippen molar-refractivity contribution in [2.45, 2.75) is 19.0 Å². The van der Waals surface area contributed by atoms with Crippen molar-refractivity contribution in [3.05, 3.63) is 55.7 Å². The molecule has 1 atom stereocenters. The van der Waals surface area contributed by atoms with E-state index in [0.29, 0.717) is 23.1 Å². The molecular formula is C15H13Cl2NO2S. The van der Waals surface area contributed by atoms with E-state index in [1.165, 1.54) is 4.88 Å². The molecule has 1 aromatic heterocycles. The molecule has 0 amide bonds. The van der Waals surface area contributed by atoms with Gasteiger partial charge in [-0.25, -0.2) is 0 Å². The summed E-state index contributed by atoms with van der Waals surface area (Å²) in [6, 6.07) is 6.65. The number of fused-ring (bicyclic) bond motifs is 1. The molecule has 3 rings (SSSR count). The van der Waals surface area contributed by atoms with Gasteiger partial charge in [-0.15, -0.1) is 11.3 Å². The Kier molecular flexibility index (Phi) is 4.22. The molecule has 21 heavy (non-hydrogen) atoms. The third kappa shape index (κ3) is 3.09. The fraction of sp³-hybridized carbons (Fsp3) is 0.267. The maximum Gasteiger partial charge on any atom is 0.325 e. The summed E-state index contributed by atoms with van der Waals surface area (Å²) in [5.41, 5.74) is 1.84. The Morgan fingerprint density at radius 2 is 2.05 bits per heavy atom. The van der Waals surface area contributed by atoms with E-state index in [2.05, 4.69) is 0 Å². The van der Waals surface area contributed by atoms with Crippen LogP contribution in [0.3, 0.4) is 0 Å². The first kappa shape index (κ1) is 14.9. The number of carboxylic acid groups (broad SMARTS) is 1. The van der Waals surface area contributed by atoms with Gasteiger partial charge >= 0.3 is 5.97 Å². The van der Waals surface area contributed by atoms with Crippen LogP contribution in [0.5, 0.6) is 0 Å². The van der Waals surface area contributed by atoms with Crippen LogP contribution in [0.4, 0.5) is 0 Å². The van der Waals surface area contributed by atoms with Gasteiger partial charge in [0.2, 0.25) is 0 Å². The van der Waals surface area contributed by atoms with Crippen molar-refractivity contribution in [2.24, 2.45) is 0 Å². The maximum absolute atomic E-state index is 11.7. The Labute approximate surface area is 136 Å². The Bertz CT molecular complexity index is 666. The number of hydrogen-bond donors (Lipinski definition) is 1. The zero-order valence-electron chi connectivity index (χ0n) is 11.1.